The lowest BCUT2D eigenvalue weighted by atomic mass is 10.0. The van der Waals surface area contributed by atoms with Gasteiger partial charge in [0.05, 0.1) is 5.75 Å². The Morgan fingerprint density at radius 1 is 1.33 bits per heavy atom. The maximum Gasteiger partial charge on any atom is 0.226 e. The number of aryl methyl sites for hydroxylation is 1. The molecule has 1 aromatic carbocycles. The van der Waals surface area contributed by atoms with Crippen molar-refractivity contribution in [1.29, 1.82) is 0 Å². The van der Waals surface area contributed by atoms with E-state index >= 15 is 0 Å². The van der Waals surface area contributed by atoms with Crippen molar-refractivity contribution >= 4 is 27.7 Å². The number of nitrogens with two attached hydrogens (primary N) is 1. The molecule has 0 spiro atoms. The normalized spacial score (nSPS) is 12.5. The lowest BCUT2D eigenvalue weighted by Crippen LogP contribution is -2.06. The second kappa shape index (κ2) is 8.56. The molecule has 0 saturated heterocycles. The van der Waals surface area contributed by atoms with E-state index in [1.165, 1.54) is 4.90 Å². The monoisotopic (exact) mass is 369 g/mol. The Labute approximate surface area is 138 Å². The molecule has 0 aliphatic heterocycles. The molecule has 2 N–H and O–H groups in total. The van der Waals surface area contributed by atoms with Crippen LogP contribution in [0.25, 0.3) is 0 Å². The Morgan fingerprint density at radius 3 is 2.90 bits per heavy atom. The predicted octanol–water partition coefficient (Wildman–Crippen LogP) is 4.04. The van der Waals surface area contributed by atoms with Crippen molar-refractivity contribution in [3.8, 4) is 0 Å². The number of rotatable bonds is 8. The fourth-order valence-electron chi connectivity index (χ4n) is 1.95. The van der Waals surface area contributed by atoms with Gasteiger partial charge in [-0.3, -0.25) is 0 Å². The highest BCUT2D eigenvalue weighted by Crippen LogP contribution is 2.29. The molecular formula is C15H20BrN3OS. The average Bonchev–Trinajstić information content (AvgIpc) is 2.93. The van der Waals surface area contributed by atoms with Gasteiger partial charge in [0.1, 0.15) is 0 Å². The molecule has 2 aromatic rings. The first-order chi connectivity index (χ1) is 10.2. The standard InChI is InChI=1S/C15H20BrN3OS/c1-11(8-9-17)6-7-15-18-14(19-20-15)10-21-13-5-3-2-4-12(13)16/h2-5,11H,6-10,17H2,1H3. The maximum absolute atomic E-state index is 5.55. The second-order valence-corrected chi connectivity index (χ2v) is 6.92. The Balaban J connectivity index is 1.82. The fraction of sp³-hybridized carbons (Fsp3) is 0.467. The summed E-state index contributed by atoms with van der Waals surface area (Å²) in [4.78, 5) is 5.62. The maximum atomic E-state index is 5.55. The zero-order valence-electron chi connectivity index (χ0n) is 12.1. The van der Waals surface area contributed by atoms with Crippen molar-refractivity contribution < 1.29 is 4.52 Å². The summed E-state index contributed by atoms with van der Waals surface area (Å²) < 4.78 is 6.39. The van der Waals surface area contributed by atoms with Crippen LogP contribution in [0, 0.1) is 5.92 Å². The molecule has 2 rings (SSSR count). The van der Waals surface area contributed by atoms with Crippen molar-refractivity contribution in [2.45, 2.75) is 36.8 Å². The van der Waals surface area contributed by atoms with E-state index in [1.807, 2.05) is 18.2 Å². The molecule has 1 atom stereocenters. The van der Waals surface area contributed by atoms with Crippen molar-refractivity contribution in [2.24, 2.45) is 11.7 Å². The van der Waals surface area contributed by atoms with Gasteiger partial charge in [-0.25, -0.2) is 0 Å². The quantitative estimate of drug-likeness (QED) is 0.711. The molecule has 0 bridgehead atoms. The topological polar surface area (TPSA) is 64.9 Å². The summed E-state index contributed by atoms with van der Waals surface area (Å²) >= 11 is 5.23. The van der Waals surface area contributed by atoms with Gasteiger partial charge in [0, 0.05) is 15.8 Å². The van der Waals surface area contributed by atoms with Crippen molar-refractivity contribution in [3.63, 3.8) is 0 Å². The molecule has 21 heavy (non-hydrogen) atoms. The molecule has 0 saturated carbocycles. The first kappa shape index (κ1) is 16.5. The van der Waals surface area contributed by atoms with E-state index in [9.17, 15) is 0 Å². The lowest BCUT2D eigenvalue weighted by Gasteiger charge is -2.06. The molecule has 1 unspecified atom stereocenters. The van der Waals surface area contributed by atoms with Crippen molar-refractivity contribution in [2.75, 3.05) is 6.54 Å². The fourth-order valence-corrected chi connectivity index (χ4v) is 3.36. The van der Waals surface area contributed by atoms with Gasteiger partial charge in [0.25, 0.3) is 0 Å². The zero-order valence-corrected chi connectivity index (χ0v) is 14.5. The van der Waals surface area contributed by atoms with E-state index in [0.717, 1.165) is 42.0 Å². The molecule has 1 aromatic heterocycles. The van der Waals surface area contributed by atoms with Crippen LogP contribution in [0.15, 0.2) is 38.2 Å². The Kier molecular flexibility index (Phi) is 6.73. The Bertz CT molecular complexity index is 561. The van der Waals surface area contributed by atoms with E-state index in [0.29, 0.717) is 11.7 Å². The predicted molar refractivity (Wildman–Crippen MR) is 89.2 cm³/mol. The van der Waals surface area contributed by atoms with E-state index < -0.39 is 0 Å². The van der Waals surface area contributed by atoms with Gasteiger partial charge in [-0.05, 0) is 53.4 Å². The number of hydrogen-bond acceptors (Lipinski definition) is 5. The Morgan fingerprint density at radius 2 is 2.14 bits per heavy atom. The van der Waals surface area contributed by atoms with Crippen LogP contribution in [0.5, 0.6) is 0 Å². The number of nitrogens with zero attached hydrogens (tertiary/aromatic N) is 2. The average molecular weight is 370 g/mol. The smallest absolute Gasteiger partial charge is 0.226 e. The molecule has 6 heteroatoms. The summed E-state index contributed by atoms with van der Waals surface area (Å²) in [6.45, 7) is 2.94. The number of halogens is 1. The second-order valence-electron chi connectivity index (χ2n) is 5.04. The summed E-state index contributed by atoms with van der Waals surface area (Å²) in [6, 6.07) is 8.13. The van der Waals surface area contributed by atoms with Gasteiger partial charge in [0.15, 0.2) is 5.82 Å². The van der Waals surface area contributed by atoms with Gasteiger partial charge in [-0.1, -0.05) is 24.2 Å². The third kappa shape index (κ3) is 5.45. The third-order valence-electron chi connectivity index (χ3n) is 3.21. The van der Waals surface area contributed by atoms with E-state index in [4.69, 9.17) is 10.3 Å². The summed E-state index contributed by atoms with van der Waals surface area (Å²) in [6.07, 6.45) is 2.91. The SMILES string of the molecule is CC(CCN)CCc1nc(CSc2ccccc2Br)no1. The molecule has 114 valence electrons. The van der Waals surface area contributed by atoms with Crippen LogP contribution in [-0.4, -0.2) is 16.7 Å². The minimum absolute atomic E-state index is 0.597. The molecule has 0 aliphatic rings. The van der Waals surface area contributed by atoms with E-state index in [1.54, 1.807) is 11.8 Å². The van der Waals surface area contributed by atoms with Gasteiger partial charge < -0.3 is 10.3 Å². The zero-order chi connectivity index (χ0) is 15.1. The minimum Gasteiger partial charge on any atom is -0.339 e. The largest absolute Gasteiger partial charge is 0.339 e. The molecule has 0 fully saturated rings. The van der Waals surface area contributed by atoms with Crippen LogP contribution in [0.2, 0.25) is 0 Å². The highest BCUT2D eigenvalue weighted by molar-refractivity contribution is 9.10. The van der Waals surface area contributed by atoms with E-state index in [2.05, 4.69) is 39.1 Å². The number of benzene rings is 1. The van der Waals surface area contributed by atoms with Crippen molar-refractivity contribution in [1.82, 2.24) is 10.1 Å². The summed E-state index contributed by atoms with van der Waals surface area (Å²) in [7, 11) is 0. The summed E-state index contributed by atoms with van der Waals surface area (Å²) in [5.74, 6) is 2.78. The van der Waals surface area contributed by atoms with Gasteiger partial charge >= 0.3 is 0 Å². The van der Waals surface area contributed by atoms with Crippen LogP contribution < -0.4 is 5.73 Å². The molecular weight excluding hydrogens is 350 g/mol. The highest BCUT2D eigenvalue weighted by atomic mass is 79.9. The molecule has 0 radical (unpaired) electrons. The minimum atomic E-state index is 0.597. The van der Waals surface area contributed by atoms with Crippen LogP contribution in [-0.2, 0) is 12.2 Å². The lowest BCUT2D eigenvalue weighted by molar-refractivity contribution is 0.359. The van der Waals surface area contributed by atoms with Crippen LogP contribution in [0.4, 0.5) is 0 Å². The number of hydrogen-bond donors (Lipinski definition) is 1. The van der Waals surface area contributed by atoms with Crippen LogP contribution in [0.1, 0.15) is 31.5 Å². The van der Waals surface area contributed by atoms with Crippen LogP contribution in [0.3, 0.4) is 0 Å². The molecule has 1 heterocycles. The Hall–Kier alpha value is -0.850. The summed E-state index contributed by atoms with van der Waals surface area (Å²) in [5, 5.41) is 4.04. The highest BCUT2D eigenvalue weighted by Gasteiger charge is 2.09. The van der Waals surface area contributed by atoms with Crippen LogP contribution >= 0.6 is 27.7 Å². The van der Waals surface area contributed by atoms with Crippen molar-refractivity contribution in [3.05, 3.63) is 40.5 Å². The van der Waals surface area contributed by atoms with Gasteiger partial charge in [-0.15, -0.1) is 11.8 Å². The number of aromatic nitrogens is 2. The van der Waals surface area contributed by atoms with Gasteiger partial charge in [-0.2, -0.15) is 4.98 Å². The van der Waals surface area contributed by atoms with E-state index in [-0.39, 0.29) is 0 Å². The molecule has 4 nitrogen and oxygen atoms in total. The first-order valence-corrected chi connectivity index (χ1v) is 8.85. The first-order valence-electron chi connectivity index (χ1n) is 7.08. The number of thioether (sulfide) groups is 1. The third-order valence-corrected chi connectivity index (χ3v) is 5.24. The van der Waals surface area contributed by atoms with Gasteiger partial charge in [0.2, 0.25) is 5.89 Å². The molecule has 0 aliphatic carbocycles. The summed E-state index contributed by atoms with van der Waals surface area (Å²) in [5.41, 5.74) is 5.55. The molecule has 0 amide bonds.